The molecule has 1 aromatic heterocycles. The molecule has 3 heterocycles. The molecular weight excluding hydrogens is 452 g/mol. The van der Waals surface area contributed by atoms with E-state index < -0.39 is 0 Å². The summed E-state index contributed by atoms with van der Waals surface area (Å²) in [6.07, 6.45) is 5.97. The molecule has 0 aliphatic carbocycles. The van der Waals surface area contributed by atoms with Gasteiger partial charge in [-0.15, -0.1) is 0 Å². The fourth-order valence-corrected chi connectivity index (χ4v) is 4.91. The topological polar surface area (TPSA) is 74.7 Å². The quantitative estimate of drug-likeness (QED) is 0.483. The molecule has 2 aromatic carbocycles. The first-order valence-corrected chi connectivity index (χ1v) is 13.0. The lowest BCUT2D eigenvalue weighted by atomic mass is 10.0. The second-order valence-electron chi connectivity index (χ2n) is 9.52. The average Bonchev–Trinajstić information content (AvgIpc) is 3.48. The van der Waals surface area contributed by atoms with E-state index in [1.807, 2.05) is 29.1 Å². The zero-order valence-corrected chi connectivity index (χ0v) is 20.8. The minimum atomic E-state index is -0.00524. The van der Waals surface area contributed by atoms with Crippen LogP contribution in [0.5, 0.6) is 0 Å². The van der Waals surface area contributed by atoms with Gasteiger partial charge in [0, 0.05) is 75.5 Å². The summed E-state index contributed by atoms with van der Waals surface area (Å²) in [6, 6.07) is 19.0. The summed E-state index contributed by atoms with van der Waals surface area (Å²) in [5, 5.41) is 11.1. The summed E-state index contributed by atoms with van der Waals surface area (Å²) in [4.78, 5) is 17.2. The molecule has 0 bridgehead atoms. The highest BCUT2D eigenvalue weighted by molar-refractivity contribution is 5.94. The monoisotopic (exact) mass is 488 g/mol. The molecule has 36 heavy (non-hydrogen) atoms. The zero-order valence-electron chi connectivity index (χ0n) is 20.8. The van der Waals surface area contributed by atoms with Crippen LogP contribution in [0.2, 0.25) is 0 Å². The summed E-state index contributed by atoms with van der Waals surface area (Å²) in [5.41, 5.74) is 4.26. The van der Waals surface area contributed by atoms with Gasteiger partial charge in [0.2, 0.25) is 0 Å². The minimum Gasteiger partial charge on any atom is -0.379 e. The summed E-state index contributed by atoms with van der Waals surface area (Å²) in [5.74, 6) is -0.00524. The highest BCUT2D eigenvalue weighted by atomic mass is 16.5. The minimum absolute atomic E-state index is 0.00524. The Labute approximate surface area is 213 Å². The number of rotatable bonds is 9. The number of nitrogens with zero attached hydrogens (tertiary/aromatic N) is 4. The van der Waals surface area contributed by atoms with Gasteiger partial charge in [-0.3, -0.25) is 9.69 Å². The van der Waals surface area contributed by atoms with Crippen LogP contribution in [-0.2, 0) is 11.3 Å². The third-order valence-electron chi connectivity index (χ3n) is 7.08. The number of benzene rings is 2. The Morgan fingerprint density at radius 1 is 0.972 bits per heavy atom. The van der Waals surface area contributed by atoms with Gasteiger partial charge < -0.3 is 20.3 Å². The number of hydrogen-bond donors (Lipinski definition) is 2. The van der Waals surface area contributed by atoms with Gasteiger partial charge in [-0.1, -0.05) is 12.1 Å². The standard InChI is InChI=1S/C28H36N6O2/c35-28(29-12-16-32-17-19-36-20-18-32)24-5-7-26(8-6-24)33-14-9-25(10-15-33)30-22-23-3-1-4-27(21-23)34-13-2-11-31-34/h1-8,11,13,21,25,30H,9-10,12,14-20,22H2,(H,29,35). The Kier molecular flexibility index (Phi) is 8.28. The average molecular weight is 489 g/mol. The molecule has 2 N–H and O–H groups in total. The third-order valence-corrected chi connectivity index (χ3v) is 7.08. The van der Waals surface area contributed by atoms with E-state index >= 15 is 0 Å². The van der Waals surface area contributed by atoms with Gasteiger partial charge in [0.05, 0.1) is 18.9 Å². The van der Waals surface area contributed by atoms with Crippen molar-refractivity contribution in [2.24, 2.45) is 0 Å². The Bertz CT molecular complexity index is 1090. The van der Waals surface area contributed by atoms with Crippen LogP contribution < -0.4 is 15.5 Å². The Balaban J connectivity index is 1.04. The van der Waals surface area contributed by atoms with E-state index in [0.717, 1.165) is 76.6 Å². The number of anilines is 1. The molecule has 190 valence electrons. The predicted octanol–water partition coefficient (Wildman–Crippen LogP) is 2.69. The van der Waals surface area contributed by atoms with Crippen molar-refractivity contribution < 1.29 is 9.53 Å². The van der Waals surface area contributed by atoms with E-state index in [1.165, 1.54) is 11.3 Å². The highest BCUT2D eigenvalue weighted by Crippen LogP contribution is 2.21. The van der Waals surface area contributed by atoms with Crippen molar-refractivity contribution in [3.63, 3.8) is 0 Å². The number of aromatic nitrogens is 2. The fraction of sp³-hybridized carbons (Fsp3) is 0.429. The van der Waals surface area contributed by atoms with Crippen molar-refractivity contribution in [1.82, 2.24) is 25.3 Å². The van der Waals surface area contributed by atoms with Crippen molar-refractivity contribution in [3.05, 3.63) is 78.1 Å². The molecule has 5 rings (SSSR count). The van der Waals surface area contributed by atoms with Crippen molar-refractivity contribution in [3.8, 4) is 5.69 Å². The maximum absolute atomic E-state index is 12.5. The van der Waals surface area contributed by atoms with E-state index in [-0.39, 0.29) is 5.91 Å². The molecule has 0 radical (unpaired) electrons. The number of carbonyl (C=O) groups is 1. The number of hydrogen-bond acceptors (Lipinski definition) is 6. The van der Waals surface area contributed by atoms with Crippen LogP contribution in [0.3, 0.4) is 0 Å². The second-order valence-corrected chi connectivity index (χ2v) is 9.52. The Morgan fingerprint density at radius 3 is 2.53 bits per heavy atom. The first-order chi connectivity index (χ1) is 17.7. The van der Waals surface area contributed by atoms with Gasteiger partial charge in [0.25, 0.3) is 5.91 Å². The predicted molar refractivity (Wildman–Crippen MR) is 142 cm³/mol. The normalized spacial score (nSPS) is 17.3. The Hall–Kier alpha value is -3.20. The van der Waals surface area contributed by atoms with Crippen LogP contribution in [0, 0.1) is 0 Å². The van der Waals surface area contributed by atoms with Crippen LogP contribution >= 0.6 is 0 Å². The smallest absolute Gasteiger partial charge is 0.251 e. The largest absolute Gasteiger partial charge is 0.379 e. The van der Waals surface area contributed by atoms with Crippen molar-refractivity contribution in [1.29, 1.82) is 0 Å². The van der Waals surface area contributed by atoms with Crippen molar-refractivity contribution >= 4 is 11.6 Å². The lowest BCUT2D eigenvalue weighted by Gasteiger charge is -2.34. The van der Waals surface area contributed by atoms with Crippen LogP contribution in [0.1, 0.15) is 28.8 Å². The SMILES string of the molecule is O=C(NCCN1CCOCC1)c1ccc(N2CCC(NCc3cccc(-n4cccn4)c3)CC2)cc1. The number of morpholine rings is 1. The number of nitrogens with one attached hydrogen (secondary N) is 2. The lowest BCUT2D eigenvalue weighted by molar-refractivity contribution is 0.0383. The first kappa shape index (κ1) is 24.5. The molecule has 2 aliphatic rings. The van der Waals surface area contributed by atoms with E-state index in [9.17, 15) is 4.79 Å². The Morgan fingerprint density at radius 2 is 1.78 bits per heavy atom. The van der Waals surface area contributed by atoms with Crippen LogP contribution in [0.4, 0.5) is 5.69 Å². The van der Waals surface area contributed by atoms with E-state index in [2.05, 4.69) is 61.9 Å². The number of piperidine rings is 1. The van der Waals surface area contributed by atoms with E-state index in [4.69, 9.17) is 4.74 Å². The molecule has 2 aliphatic heterocycles. The molecule has 0 atom stereocenters. The van der Waals surface area contributed by atoms with E-state index in [1.54, 1.807) is 6.20 Å². The molecule has 1 amide bonds. The number of carbonyl (C=O) groups excluding carboxylic acids is 1. The molecule has 0 spiro atoms. The summed E-state index contributed by atoms with van der Waals surface area (Å²) in [6.45, 7) is 7.85. The molecule has 8 nitrogen and oxygen atoms in total. The maximum atomic E-state index is 12.5. The highest BCUT2D eigenvalue weighted by Gasteiger charge is 2.19. The van der Waals surface area contributed by atoms with Gasteiger partial charge in [-0.25, -0.2) is 4.68 Å². The summed E-state index contributed by atoms with van der Waals surface area (Å²) >= 11 is 0. The maximum Gasteiger partial charge on any atom is 0.251 e. The van der Waals surface area contributed by atoms with E-state index in [0.29, 0.717) is 12.6 Å². The van der Waals surface area contributed by atoms with Crippen molar-refractivity contribution in [2.75, 3.05) is 57.4 Å². The number of amides is 1. The molecule has 2 saturated heterocycles. The lowest BCUT2D eigenvalue weighted by Crippen LogP contribution is -2.42. The van der Waals surface area contributed by atoms with Gasteiger partial charge in [-0.05, 0) is 60.9 Å². The zero-order chi connectivity index (χ0) is 24.6. The van der Waals surface area contributed by atoms with Crippen molar-refractivity contribution in [2.45, 2.75) is 25.4 Å². The number of ether oxygens (including phenoxy) is 1. The summed E-state index contributed by atoms with van der Waals surface area (Å²) < 4.78 is 7.26. The van der Waals surface area contributed by atoms with Gasteiger partial charge in [0.15, 0.2) is 0 Å². The molecule has 0 unspecified atom stereocenters. The molecule has 2 fully saturated rings. The fourth-order valence-electron chi connectivity index (χ4n) is 4.91. The second kappa shape index (κ2) is 12.2. The molecule has 0 saturated carbocycles. The van der Waals surface area contributed by atoms with Gasteiger partial charge >= 0.3 is 0 Å². The van der Waals surface area contributed by atoms with Crippen LogP contribution in [0.25, 0.3) is 5.69 Å². The third kappa shape index (κ3) is 6.51. The van der Waals surface area contributed by atoms with Gasteiger partial charge in [-0.2, -0.15) is 5.10 Å². The first-order valence-electron chi connectivity index (χ1n) is 13.0. The molecule has 3 aromatic rings. The molecular formula is C28H36N6O2. The van der Waals surface area contributed by atoms with Gasteiger partial charge in [0.1, 0.15) is 0 Å². The van der Waals surface area contributed by atoms with Crippen LogP contribution in [0.15, 0.2) is 67.0 Å². The summed E-state index contributed by atoms with van der Waals surface area (Å²) in [7, 11) is 0. The molecule has 8 heteroatoms. The van der Waals surface area contributed by atoms with Crippen LogP contribution in [-0.4, -0.2) is 79.1 Å².